The Bertz CT molecular complexity index is 136. The molecule has 0 aromatic carbocycles. The van der Waals surface area contributed by atoms with Gasteiger partial charge < -0.3 is 19.3 Å². The predicted molar refractivity (Wildman–Crippen MR) is 40.6 cm³/mol. The molecule has 0 saturated carbocycles. The molecule has 5 nitrogen and oxygen atoms in total. The van der Waals surface area contributed by atoms with Crippen molar-refractivity contribution in [3.8, 4) is 0 Å². The van der Waals surface area contributed by atoms with Crippen LogP contribution >= 0.6 is 0 Å². The molecule has 0 rings (SSSR count). The lowest BCUT2D eigenvalue weighted by Gasteiger charge is -2.17. The summed E-state index contributed by atoms with van der Waals surface area (Å²) in [6, 6.07) is 0. The number of carboxylic acids is 1. The standard InChI is InChI=1S/C7H14O5/c1-4-11-7(6(8)9)12-5(2)10-3/h5,7H,4H2,1-3H3,(H,8,9). The molecule has 12 heavy (non-hydrogen) atoms. The molecule has 0 aliphatic rings. The van der Waals surface area contributed by atoms with Gasteiger partial charge in [-0.2, -0.15) is 0 Å². The van der Waals surface area contributed by atoms with Crippen molar-refractivity contribution in [1.29, 1.82) is 0 Å². The molecule has 2 atom stereocenters. The van der Waals surface area contributed by atoms with Crippen LogP contribution in [0.2, 0.25) is 0 Å². The Balaban J connectivity index is 3.86. The SMILES string of the molecule is CCOC(OC(C)OC)C(=O)O. The summed E-state index contributed by atoms with van der Waals surface area (Å²) in [6.45, 7) is 3.57. The Hall–Kier alpha value is -0.650. The molecule has 2 unspecified atom stereocenters. The molecular formula is C7H14O5. The van der Waals surface area contributed by atoms with E-state index >= 15 is 0 Å². The van der Waals surface area contributed by atoms with Gasteiger partial charge in [-0.25, -0.2) is 4.79 Å². The van der Waals surface area contributed by atoms with Gasteiger partial charge in [0.25, 0.3) is 6.29 Å². The van der Waals surface area contributed by atoms with Gasteiger partial charge in [-0.3, -0.25) is 0 Å². The van der Waals surface area contributed by atoms with Gasteiger partial charge in [0, 0.05) is 13.7 Å². The molecule has 1 N–H and O–H groups in total. The maximum atomic E-state index is 10.4. The van der Waals surface area contributed by atoms with Gasteiger partial charge in [-0.15, -0.1) is 0 Å². The zero-order chi connectivity index (χ0) is 9.56. The second-order valence-corrected chi connectivity index (χ2v) is 2.06. The molecule has 0 saturated heterocycles. The van der Waals surface area contributed by atoms with Crippen LogP contribution in [0.3, 0.4) is 0 Å². The number of methoxy groups -OCH3 is 1. The Morgan fingerprint density at radius 2 is 2.17 bits per heavy atom. The Kier molecular flexibility index (Phi) is 5.61. The molecule has 0 fully saturated rings. The van der Waals surface area contributed by atoms with Crippen molar-refractivity contribution in [2.45, 2.75) is 26.4 Å². The average Bonchev–Trinajstić information content (AvgIpc) is 2.03. The summed E-state index contributed by atoms with van der Waals surface area (Å²) >= 11 is 0. The highest BCUT2D eigenvalue weighted by molar-refractivity contribution is 5.70. The van der Waals surface area contributed by atoms with Crippen molar-refractivity contribution in [3.05, 3.63) is 0 Å². The summed E-state index contributed by atoms with van der Waals surface area (Å²) in [7, 11) is 1.43. The number of hydrogen-bond acceptors (Lipinski definition) is 4. The van der Waals surface area contributed by atoms with Crippen LogP contribution in [0.1, 0.15) is 13.8 Å². The minimum absolute atomic E-state index is 0.285. The molecular weight excluding hydrogens is 164 g/mol. The van der Waals surface area contributed by atoms with Crippen LogP contribution < -0.4 is 0 Å². The Labute approximate surface area is 71.2 Å². The molecule has 0 heterocycles. The third kappa shape index (κ3) is 4.27. The van der Waals surface area contributed by atoms with Crippen molar-refractivity contribution in [2.75, 3.05) is 13.7 Å². The quantitative estimate of drug-likeness (QED) is 0.598. The average molecular weight is 178 g/mol. The first kappa shape index (κ1) is 11.4. The minimum Gasteiger partial charge on any atom is -0.477 e. The van der Waals surface area contributed by atoms with Gasteiger partial charge in [0.15, 0.2) is 6.29 Å². The summed E-state index contributed by atoms with van der Waals surface area (Å²) in [4.78, 5) is 10.4. The Morgan fingerprint density at radius 3 is 2.50 bits per heavy atom. The minimum atomic E-state index is -1.25. The first-order valence-electron chi connectivity index (χ1n) is 3.64. The fraction of sp³-hybridized carbons (Fsp3) is 0.857. The molecule has 0 aliphatic heterocycles. The van der Waals surface area contributed by atoms with Gasteiger partial charge in [-0.1, -0.05) is 0 Å². The summed E-state index contributed by atoms with van der Waals surface area (Å²) in [6.07, 6.45) is -1.83. The third-order valence-corrected chi connectivity index (χ3v) is 1.17. The molecule has 0 aromatic heterocycles. The highest BCUT2D eigenvalue weighted by Gasteiger charge is 2.20. The smallest absolute Gasteiger partial charge is 0.361 e. The van der Waals surface area contributed by atoms with Gasteiger partial charge in [0.05, 0.1) is 0 Å². The van der Waals surface area contributed by atoms with E-state index in [1.165, 1.54) is 7.11 Å². The van der Waals surface area contributed by atoms with E-state index in [2.05, 4.69) is 0 Å². The fourth-order valence-corrected chi connectivity index (χ4v) is 0.550. The summed E-state index contributed by atoms with van der Waals surface area (Å²) in [5.41, 5.74) is 0. The second-order valence-electron chi connectivity index (χ2n) is 2.06. The maximum Gasteiger partial charge on any atom is 0.361 e. The van der Waals surface area contributed by atoms with Gasteiger partial charge >= 0.3 is 5.97 Å². The van der Waals surface area contributed by atoms with Gasteiger partial charge in [0.2, 0.25) is 0 Å². The van der Waals surface area contributed by atoms with E-state index in [1.807, 2.05) is 0 Å². The topological polar surface area (TPSA) is 65.0 Å². The summed E-state index contributed by atoms with van der Waals surface area (Å²) in [5, 5.41) is 8.54. The lowest BCUT2D eigenvalue weighted by atomic mass is 10.6. The van der Waals surface area contributed by atoms with Crippen LogP contribution in [0.5, 0.6) is 0 Å². The van der Waals surface area contributed by atoms with Crippen molar-refractivity contribution in [1.82, 2.24) is 0 Å². The van der Waals surface area contributed by atoms with Gasteiger partial charge in [-0.05, 0) is 13.8 Å². The highest BCUT2D eigenvalue weighted by Crippen LogP contribution is 2.01. The number of aliphatic carboxylic acids is 1. The first-order valence-corrected chi connectivity index (χ1v) is 3.64. The third-order valence-electron chi connectivity index (χ3n) is 1.17. The lowest BCUT2D eigenvalue weighted by Crippen LogP contribution is -2.31. The van der Waals surface area contributed by atoms with Gasteiger partial charge in [0.1, 0.15) is 0 Å². The van der Waals surface area contributed by atoms with Crippen LogP contribution in [-0.2, 0) is 19.0 Å². The van der Waals surface area contributed by atoms with E-state index in [1.54, 1.807) is 13.8 Å². The van der Waals surface area contributed by atoms with Crippen molar-refractivity contribution >= 4 is 5.97 Å². The number of rotatable bonds is 6. The first-order chi connectivity index (χ1) is 5.61. The molecule has 0 bridgehead atoms. The number of hydrogen-bond donors (Lipinski definition) is 1. The van der Waals surface area contributed by atoms with Crippen LogP contribution in [-0.4, -0.2) is 37.4 Å². The highest BCUT2D eigenvalue weighted by atomic mass is 16.8. The van der Waals surface area contributed by atoms with Crippen LogP contribution in [0.25, 0.3) is 0 Å². The van der Waals surface area contributed by atoms with E-state index in [0.29, 0.717) is 0 Å². The number of carbonyl (C=O) groups is 1. The second kappa shape index (κ2) is 5.93. The fourth-order valence-electron chi connectivity index (χ4n) is 0.550. The Morgan fingerprint density at radius 1 is 1.58 bits per heavy atom. The van der Waals surface area contributed by atoms with Crippen molar-refractivity contribution in [2.24, 2.45) is 0 Å². The molecule has 0 aliphatic carbocycles. The molecule has 0 aromatic rings. The molecule has 0 amide bonds. The lowest BCUT2D eigenvalue weighted by molar-refractivity contribution is -0.236. The van der Waals surface area contributed by atoms with Crippen LogP contribution in [0, 0.1) is 0 Å². The van der Waals surface area contributed by atoms with Crippen LogP contribution in [0.15, 0.2) is 0 Å². The zero-order valence-corrected chi connectivity index (χ0v) is 7.44. The maximum absolute atomic E-state index is 10.4. The van der Waals surface area contributed by atoms with E-state index in [4.69, 9.17) is 19.3 Å². The summed E-state index contributed by atoms with van der Waals surface area (Å²) < 4.78 is 14.3. The van der Waals surface area contributed by atoms with Crippen molar-refractivity contribution < 1.29 is 24.1 Å². The predicted octanol–water partition coefficient (Wildman–Crippen LogP) is 0.443. The monoisotopic (exact) mass is 178 g/mol. The van der Waals surface area contributed by atoms with E-state index in [-0.39, 0.29) is 6.61 Å². The normalized spacial score (nSPS) is 15.6. The molecule has 0 spiro atoms. The number of carboxylic acid groups (broad SMARTS) is 1. The molecule has 72 valence electrons. The van der Waals surface area contributed by atoms with Crippen molar-refractivity contribution in [3.63, 3.8) is 0 Å². The van der Waals surface area contributed by atoms with E-state index < -0.39 is 18.5 Å². The van der Waals surface area contributed by atoms with Crippen LogP contribution in [0.4, 0.5) is 0 Å². The molecule has 5 heteroatoms. The zero-order valence-electron chi connectivity index (χ0n) is 7.44. The van der Waals surface area contributed by atoms with E-state index in [0.717, 1.165) is 0 Å². The number of ether oxygens (including phenoxy) is 3. The molecule has 0 radical (unpaired) electrons. The summed E-state index contributed by atoms with van der Waals surface area (Å²) in [5.74, 6) is -1.15. The van der Waals surface area contributed by atoms with E-state index in [9.17, 15) is 4.79 Å². The largest absolute Gasteiger partial charge is 0.477 e.